The maximum atomic E-state index is 5.49. The molecule has 0 aromatic heterocycles. The molecule has 2 N–H and O–H groups in total. The van der Waals surface area contributed by atoms with Crippen LogP contribution in [-0.4, -0.2) is 42.6 Å². The minimum Gasteiger partial charge on any atom is -0.497 e. The molecule has 1 heterocycles. The Hall–Kier alpha value is -1.15. The second-order valence-corrected chi connectivity index (χ2v) is 6.57. The molecule has 4 heteroatoms. The Kier molecular flexibility index (Phi) is 6.44. The zero-order chi connectivity index (χ0) is 15.1. The summed E-state index contributed by atoms with van der Waals surface area (Å²) in [6.07, 6.45) is 1.24. The number of methoxy groups -OCH3 is 1. The third-order valence-corrected chi connectivity index (χ3v) is 5.08. The van der Waals surface area contributed by atoms with Gasteiger partial charge in [0.1, 0.15) is 5.75 Å². The van der Waals surface area contributed by atoms with Crippen LogP contribution in [-0.2, 0) is 6.54 Å². The molecule has 2 rings (SSSR count). The molecule has 21 heavy (non-hydrogen) atoms. The van der Waals surface area contributed by atoms with E-state index in [-0.39, 0.29) is 0 Å². The minimum absolute atomic E-state index is 0.393. The number of hydrogen-bond donors (Lipinski definition) is 1. The normalized spacial score (nSPS) is 18.9. The van der Waals surface area contributed by atoms with Crippen molar-refractivity contribution in [3.63, 3.8) is 0 Å². The van der Waals surface area contributed by atoms with E-state index < -0.39 is 0 Å². The zero-order valence-electron chi connectivity index (χ0n) is 12.9. The van der Waals surface area contributed by atoms with Crippen molar-refractivity contribution in [1.82, 2.24) is 4.90 Å². The summed E-state index contributed by atoms with van der Waals surface area (Å²) in [6.45, 7) is 5.89. The van der Waals surface area contributed by atoms with E-state index >= 15 is 0 Å². The quantitative estimate of drug-likeness (QED) is 0.867. The summed E-state index contributed by atoms with van der Waals surface area (Å²) in [5.41, 5.74) is 7.79. The molecule has 1 aromatic carbocycles. The van der Waals surface area contributed by atoms with Crippen molar-refractivity contribution in [2.75, 3.05) is 32.5 Å². The number of nitrogens with zero attached hydrogens (tertiary/aromatic N) is 1. The van der Waals surface area contributed by atoms with E-state index in [1.165, 1.54) is 17.7 Å². The fraction of sp³-hybridized carbons (Fsp3) is 0.529. The SMILES string of the molecule is CCC1CN(Cc2cc(OC)ccc2C#CCN)CCS1. The summed E-state index contributed by atoms with van der Waals surface area (Å²) in [7, 11) is 1.70. The Morgan fingerprint density at radius 3 is 3.05 bits per heavy atom. The van der Waals surface area contributed by atoms with E-state index in [4.69, 9.17) is 10.5 Å². The van der Waals surface area contributed by atoms with Gasteiger partial charge in [-0.2, -0.15) is 11.8 Å². The monoisotopic (exact) mass is 304 g/mol. The first kappa shape index (κ1) is 16.2. The summed E-state index contributed by atoms with van der Waals surface area (Å²) >= 11 is 2.09. The maximum Gasteiger partial charge on any atom is 0.119 e. The van der Waals surface area contributed by atoms with Gasteiger partial charge in [0.2, 0.25) is 0 Å². The minimum atomic E-state index is 0.393. The molecule has 1 atom stereocenters. The third kappa shape index (κ3) is 4.67. The molecule has 1 fully saturated rings. The van der Waals surface area contributed by atoms with Crippen molar-refractivity contribution >= 4 is 11.8 Å². The van der Waals surface area contributed by atoms with Crippen molar-refractivity contribution in [2.24, 2.45) is 5.73 Å². The first-order chi connectivity index (χ1) is 10.3. The third-order valence-electron chi connectivity index (χ3n) is 3.71. The van der Waals surface area contributed by atoms with Gasteiger partial charge in [0.15, 0.2) is 0 Å². The number of rotatable bonds is 4. The van der Waals surface area contributed by atoms with E-state index in [1.807, 2.05) is 12.1 Å². The van der Waals surface area contributed by atoms with Gasteiger partial charge >= 0.3 is 0 Å². The van der Waals surface area contributed by atoms with Crippen LogP contribution in [0.2, 0.25) is 0 Å². The van der Waals surface area contributed by atoms with Crippen LogP contribution in [0.4, 0.5) is 0 Å². The molecule has 0 saturated carbocycles. The molecule has 1 aliphatic heterocycles. The van der Waals surface area contributed by atoms with Gasteiger partial charge in [0.25, 0.3) is 0 Å². The van der Waals surface area contributed by atoms with Crippen molar-refractivity contribution < 1.29 is 4.74 Å². The Labute approximate surface area is 132 Å². The molecular formula is C17H24N2OS. The number of benzene rings is 1. The summed E-state index contributed by atoms with van der Waals surface area (Å²) in [5.74, 6) is 8.24. The molecule has 1 saturated heterocycles. The van der Waals surface area contributed by atoms with Crippen LogP contribution >= 0.6 is 11.8 Å². The lowest BCUT2D eigenvalue weighted by molar-refractivity contribution is 0.272. The smallest absolute Gasteiger partial charge is 0.119 e. The van der Waals surface area contributed by atoms with Gasteiger partial charge in [0, 0.05) is 36.2 Å². The summed E-state index contributed by atoms with van der Waals surface area (Å²) in [5, 5.41) is 0.753. The average Bonchev–Trinajstić information content (AvgIpc) is 2.53. The van der Waals surface area contributed by atoms with Crippen LogP contribution in [0.15, 0.2) is 18.2 Å². The van der Waals surface area contributed by atoms with Crippen molar-refractivity contribution in [2.45, 2.75) is 25.1 Å². The lowest BCUT2D eigenvalue weighted by Gasteiger charge is -2.32. The summed E-state index contributed by atoms with van der Waals surface area (Å²) in [4.78, 5) is 2.52. The standard InChI is InChI=1S/C17H24N2OS/c1-3-17-13-19(9-10-21-17)12-15-11-16(20-2)7-6-14(15)5-4-8-18/h6-7,11,17H,3,8-10,12-13,18H2,1-2H3. The number of nitrogens with two attached hydrogens (primary N) is 1. The van der Waals surface area contributed by atoms with Gasteiger partial charge in [-0.15, -0.1) is 0 Å². The van der Waals surface area contributed by atoms with E-state index in [9.17, 15) is 0 Å². The highest BCUT2D eigenvalue weighted by atomic mass is 32.2. The van der Waals surface area contributed by atoms with Crippen LogP contribution in [0.3, 0.4) is 0 Å². The molecular weight excluding hydrogens is 280 g/mol. The van der Waals surface area contributed by atoms with Gasteiger partial charge in [-0.25, -0.2) is 0 Å². The Morgan fingerprint density at radius 2 is 2.33 bits per heavy atom. The molecule has 0 radical (unpaired) electrons. The van der Waals surface area contributed by atoms with E-state index in [0.29, 0.717) is 6.54 Å². The lowest BCUT2D eigenvalue weighted by Crippen LogP contribution is -2.37. The lowest BCUT2D eigenvalue weighted by atomic mass is 10.1. The molecule has 1 unspecified atom stereocenters. The molecule has 1 aliphatic rings. The van der Waals surface area contributed by atoms with E-state index in [2.05, 4.69) is 41.5 Å². The first-order valence-electron chi connectivity index (χ1n) is 7.46. The number of thioether (sulfide) groups is 1. The fourth-order valence-electron chi connectivity index (χ4n) is 2.51. The molecule has 0 aliphatic carbocycles. The molecule has 0 spiro atoms. The van der Waals surface area contributed by atoms with E-state index in [1.54, 1.807) is 7.11 Å². The first-order valence-corrected chi connectivity index (χ1v) is 8.51. The van der Waals surface area contributed by atoms with Crippen LogP contribution in [0.1, 0.15) is 24.5 Å². The Morgan fingerprint density at radius 1 is 1.48 bits per heavy atom. The molecule has 0 amide bonds. The van der Waals surface area contributed by atoms with Crippen LogP contribution in [0.5, 0.6) is 5.75 Å². The highest BCUT2D eigenvalue weighted by molar-refractivity contribution is 8.00. The Bertz CT molecular complexity index is 521. The predicted octanol–water partition coefficient (Wildman–Crippen LogP) is 2.33. The highest BCUT2D eigenvalue weighted by Gasteiger charge is 2.19. The van der Waals surface area contributed by atoms with Crippen LogP contribution in [0, 0.1) is 11.8 Å². The average molecular weight is 304 g/mol. The van der Waals surface area contributed by atoms with Crippen LogP contribution < -0.4 is 10.5 Å². The highest BCUT2D eigenvalue weighted by Crippen LogP contribution is 2.24. The predicted molar refractivity (Wildman–Crippen MR) is 90.7 cm³/mol. The van der Waals surface area contributed by atoms with Crippen molar-refractivity contribution in [1.29, 1.82) is 0 Å². The second-order valence-electron chi connectivity index (χ2n) is 5.17. The molecule has 0 bridgehead atoms. The number of hydrogen-bond acceptors (Lipinski definition) is 4. The van der Waals surface area contributed by atoms with Crippen LogP contribution in [0.25, 0.3) is 0 Å². The van der Waals surface area contributed by atoms with Gasteiger partial charge in [0.05, 0.1) is 13.7 Å². The largest absolute Gasteiger partial charge is 0.497 e. The van der Waals surface area contributed by atoms with Gasteiger partial charge < -0.3 is 10.5 Å². The maximum absolute atomic E-state index is 5.49. The summed E-state index contributed by atoms with van der Waals surface area (Å²) < 4.78 is 5.35. The van der Waals surface area contributed by atoms with Gasteiger partial charge in [-0.05, 0) is 30.2 Å². The molecule has 1 aromatic rings. The van der Waals surface area contributed by atoms with Crippen molar-refractivity contribution in [3.05, 3.63) is 29.3 Å². The van der Waals surface area contributed by atoms with E-state index in [0.717, 1.165) is 36.2 Å². The Balaban J connectivity index is 2.16. The number of ether oxygens (including phenoxy) is 1. The molecule has 114 valence electrons. The van der Waals surface area contributed by atoms with Gasteiger partial charge in [-0.3, -0.25) is 4.90 Å². The van der Waals surface area contributed by atoms with Crippen molar-refractivity contribution in [3.8, 4) is 17.6 Å². The fourth-order valence-corrected chi connectivity index (χ4v) is 3.76. The second kappa shape index (κ2) is 8.33. The summed E-state index contributed by atoms with van der Waals surface area (Å²) in [6, 6.07) is 6.10. The topological polar surface area (TPSA) is 38.5 Å². The van der Waals surface area contributed by atoms with Gasteiger partial charge in [-0.1, -0.05) is 18.8 Å². The zero-order valence-corrected chi connectivity index (χ0v) is 13.7. The molecule has 3 nitrogen and oxygen atoms in total.